The van der Waals surface area contributed by atoms with Gasteiger partial charge in [0.25, 0.3) is 0 Å². The van der Waals surface area contributed by atoms with Gasteiger partial charge in [-0.1, -0.05) is 12.8 Å². The Morgan fingerprint density at radius 1 is 1.24 bits per heavy atom. The molecule has 1 fully saturated rings. The quantitative estimate of drug-likeness (QED) is 0.406. The van der Waals surface area contributed by atoms with Gasteiger partial charge in [-0.3, -0.25) is 4.99 Å². The molecule has 0 unspecified atom stereocenters. The van der Waals surface area contributed by atoms with Crippen molar-refractivity contribution in [3.8, 4) is 11.5 Å². The molecule has 1 saturated carbocycles. The van der Waals surface area contributed by atoms with E-state index >= 15 is 0 Å². The lowest BCUT2D eigenvalue weighted by Gasteiger charge is -2.15. The molecule has 0 aliphatic heterocycles. The summed E-state index contributed by atoms with van der Waals surface area (Å²) in [5, 5.41) is 6.57. The molecule has 140 valence electrons. The summed E-state index contributed by atoms with van der Waals surface area (Å²) in [6, 6.07) is 5.75. The number of rotatable bonds is 9. The summed E-state index contributed by atoms with van der Waals surface area (Å²) in [6.07, 6.45) is 6.50. The van der Waals surface area contributed by atoms with Gasteiger partial charge in [0, 0.05) is 32.0 Å². The average Bonchev–Trinajstić information content (AvgIpc) is 3.15. The largest absolute Gasteiger partial charge is 0.493 e. The highest BCUT2D eigenvalue weighted by atomic mass is 16.5. The Kier molecular flexibility index (Phi) is 8.39. The first-order valence-electron chi connectivity index (χ1n) is 9.17. The van der Waals surface area contributed by atoms with Gasteiger partial charge in [0.1, 0.15) is 0 Å². The third kappa shape index (κ3) is 6.46. The minimum atomic E-state index is 0.480. The van der Waals surface area contributed by atoms with E-state index < -0.39 is 0 Å². The van der Waals surface area contributed by atoms with E-state index in [4.69, 9.17) is 14.2 Å². The number of ether oxygens (including phenoxy) is 3. The molecule has 1 aliphatic carbocycles. The van der Waals surface area contributed by atoms with Crippen LogP contribution in [0.25, 0.3) is 0 Å². The van der Waals surface area contributed by atoms with Gasteiger partial charge in [0.15, 0.2) is 17.5 Å². The standard InChI is InChI=1S/C19H31N3O3/c1-4-24-17-11-10-15(14-18(17)23-3)22-19(20-2)21-12-7-13-25-16-8-5-6-9-16/h10-11,14,16H,4-9,12-13H2,1-3H3,(H2,20,21,22). The second-order valence-electron chi connectivity index (χ2n) is 6.05. The molecule has 0 saturated heterocycles. The molecule has 0 atom stereocenters. The highest BCUT2D eigenvalue weighted by Crippen LogP contribution is 2.30. The summed E-state index contributed by atoms with van der Waals surface area (Å²) in [5.41, 5.74) is 0.899. The third-order valence-electron chi connectivity index (χ3n) is 4.22. The number of anilines is 1. The number of benzene rings is 1. The predicted octanol–water partition coefficient (Wildman–Crippen LogP) is 3.43. The van der Waals surface area contributed by atoms with Crippen LogP contribution in [0, 0.1) is 0 Å². The second-order valence-corrected chi connectivity index (χ2v) is 6.05. The number of nitrogens with one attached hydrogen (secondary N) is 2. The number of methoxy groups -OCH3 is 1. The molecule has 6 heteroatoms. The third-order valence-corrected chi connectivity index (χ3v) is 4.22. The fourth-order valence-corrected chi connectivity index (χ4v) is 2.92. The predicted molar refractivity (Wildman–Crippen MR) is 102 cm³/mol. The van der Waals surface area contributed by atoms with Crippen molar-refractivity contribution in [2.45, 2.75) is 45.1 Å². The van der Waals surface area contributed by atoms with E-state index in [-0.39, 0.29) is 0 Å². The highest BCUT2D eigenvalue weighted by Gasteiger charge is 2.14. The van der Waals surface area contributed by atoms with E-state index in [0.717, 1.165) is 37.0 Å². The van der Waals surface area contributed by atoms with Crippen LogP contribution in [0.15, 0.2) is 23.2 Å². The van der Waals surface area contributed by atoms with Gasteiger partial charge in [-0.15, -0.1) is 0 Å². The van der Waals surface area contributed by atoms with Crippen LogP contribution in [-0.2, 0) is 4.74 Å². The maximum absolute atomic E-state index is 5.87. The highest BCUT2D eigenvalue weighted by molar-refractivity contribution is 5.93. The molecule has 2 rings (SSSR count). The lowest BCUT2D eigenvalue weighted by atomic mass is 10.2. The van der Waals surface area contributed by atoms with Crippen LogP contribution in [0.3, 0.4) is 0 Å². The Morgan fingerprint density at radius 3 is 2.72 bits per heavy atom. The molecule has 2 N–H and O–H groups in total. The first kappa shape index (κ1) is 19.4. The monoisotopic (exact) mass is 349 g/mol. The van der Waals surface area contributed by atoms with E-state index in [2.05, 4.69) is 15.6 Å². The molecule has 0 heterocycles. The van der Waals surface area contributed by atoms with E-state index in [0.29, 0.717) is 18.5 Å². The van der Waals surface area contributed by atoms with Gasteiger partial charge < -0.3 is 24.8 Å². The fourth-order valence-electron chi connectivity index (χ4n) is 2.92. The smallest absolute Gasteiger partial charge is 0.195 e. The van der Waals surface area contributed by atoms with Crippen molar-refractivity contribution in [1.82, 2.24) is 5.32 Å². The van der Waals surface area contributed by atoms with Gasteiger partial charge in [0.2, 0.25) is 0 Å². The van der Waals surface area contributed by atoms with Gasteiger partial charge in [-0.25, -0.2) is 0 Å². The van der Waals surface area contributed by atoms with E-state index in [9.17, 15) is 0 Å². The van der Waals surface area contributed by atoms with Crippen molar-refractivity contribution in [3.63, 3.8) is 0 Å². The average molecular weight is 349 g/mol. The van der Waals surface area contributed by atoms with Gasteiger partial charge in [0.05, 0.1) is 19.8 Å². The Hall–Kier alpha value is -1.95. The molecule has 0 aromatic heterocycles. The zero-order valence-electron chi connectivity index (χ0n) is 15.6. The van der Waals surface area contributed by atoms with Crippen LogP contribution in [0.4, 0.5) is 5.69 Å². The first-order chi connectivity index (χ1) is 12.3. The summed E-state index contributed by atoms with van der Waals surface area (Å²) in [5.74, 6) is 2.17. The second kappa shape index (κ2) is 10.8. The summed E-state index contributed by atoms with van der Waals surface area (Å²) >= 11 is 0. The Bertz CT molecular complexity index is 543. The zero-order chi connectivity index (χ0) is 17.9. The van der Waals surface area contributed by atoms with Crippen molar-refractivity contribution in [2.75, 3.05) is 39.2 Å². The fraction of sp³-hybridized carbons (Fsp3) is 0.632. The van der Waals surface area contributed by atoms with Gasteiger partial charge in [-0.05, 0) is 38.3 Å². The van der Waals surface area contributed by atoms with Crippen LogP contribution < -0.4 is 20.1 Å². The molecule has 0 spiro atoms. The lowest BCUT2D eigenvalue weighted by molar-refractivity contribution is 0.0574. The van der Waals surface area contributed by atoms with Crippen molar-refractivity contribution in [1.29, 1.82) is 0 Å². The molecule has 6 nitrogen and oxygen atoms in total. The van der Waals surface area contributed by atoms with Crippen molar-refractivity contribution in [3.05, 3.63) is 18.2 Å². The van der Waals surface area contributed by atoms with Crippen molar-refractivity contribution < 1.29 is 14.2 Å². The zero-order valence-corrected chi connectivity index (χ0v) is 15.6. The maximum atomic E-state index is 5.87. The van der Waals surface area contributed by atoms with Crippen LogP contribution in [-0.4, -0.2) is 46.0 Å². The number of aliphatic imine (C=N–C) groups is 1. The van der Waals surface area contributed by atoms with Crippen LogP contribution in [0.5, 0.6) is 11.5 Å². The SMILES string of the molecule is CCOc1ccc(NC(=NC)NCCCOC2CCCC2)cc1OC. The Morgan fingerprint density at radius 2 is 2.04 bits per heavy atom. The van der Waals surface area contributed by atoms with Crippen molar-refractivity contribution in [2.24, 2.45) is 4.99 Å². The van der Waals surface area contributed by atoms with E-state index in [1.165, 1.54) is 25.7 Å². The van der Waals surface area contributed by atoms with Crippen LogP contribution >= 0.6 is 0 Å². The number of guanidine groups is 1. The summed E-state index contributed by atoms with van der Waals surface area (Å²) in [4.78, 5) is 4.25. The van der Waals surface area contributed by atoms with E-state index in [1.807, 2.05) is 25.1 Å². The number of nitrogens with zero attached hydrogens (tertiary/aromatic N) is 1. The summed E-state index contributed by atoms with van der Waals surface area (Å²) < 4.78 is 16.8. The topological polar surface area (TPSA) is 64.1 Å². The summed E-state index contributed by atoms with van der Waals surface area (Å²) in [6.45, 7) is 4.18. The number of hydrogen-bond donors (Lipinski definition) is 2. The molecule has 0 radical (unpaired) electrons. The minimum Gasteiger partial charge on any atom is -0.493 e. The minimum absolute atomic E-state index is 0.480. The van der Waals surface area contributed by atoms with E-state index in [1.54, 1.807) is 14.2 Å². The molecular formula is C19H31N3O3. The summed E-state index contributed by atoms with van der Waals surface area (Å²) in [7, 11) is 3.40. The molecule has 1 aliphatic rings. The van der Waals surface area contributed by atoms with Gasteiger partial charge in [-0.2, -0.15) is 0 Å². The normalized spacial score (nSPS) is 15.2. The lowest BCUT2D eigenvalue weighted by Crippen LogP contribution is -2.32. The first-order valence-corrected chi connectivity index (χ1v) is 9.17. The molecule has 1 aromatic carbocycles. The van der Waals surface area contributed by atoms with Crippen LogP contribution in [0.1, 0.15) is 39.0 Å². The number of hydrogen-bond acceptors (Lipinski definition) is 4. The molecule has 1 aromatic rings. The van der Waals surface area contributed by atoms with Crippen molar-refractivity contribution >= 4 is 11.6 Å². The maximum Gasteiger partial charge on any atom is 0.195 e. The Labute approximate surface area is 151 Å². The molecular weight excluding hydrogens is 318 g/mol. The molecule has 25 heavy (non-hydrogen) atoms. The van der Waals surface area contributed by atoms with Gasteiger partial charge >= 0.3 is 0 Å². The Balaban J connectivity index is 1.75. The molecule has 0 amide bonds. The van der Waals surface area contributed by atoms with Crippen LogP contribution in [0.2, 0.25) is 0 Å². The molecule has 0 bridgehead atoms.